The lowest BCUT2D eigenvalue weighted by atomic mass is 9.90. The van der Waals surface area contributed by atoms with Crippen LogP contribution in [0.5, 0.6) is 0 Å². The Balaban J connectivity index is 2.54. The van der Waals surface area contributed by atoms with Crippen molar-refractivity contribution < 1.29 is 8.85 Å². The second-order valence-electron chi connectivity index (χ2n) is 3.96. The van der Waals surface area contributed by atoms with Gasteiger partial charge in [-0.05, 0) is 25.2 Å². The fourth-order valence-electron chi connectivity index (χ4n) is 2.40. The van der Waals surface area contributed by atoms with Crippen LogP contribution in [0, 0.1) is 5.92 Å². The smallest absolute Gasteiger partial charge is 0.324 e. The van der Waals surface area contributed by atoms with Crippen LogP contribution in [0.4, 0.5) is 0 Å². The van der Waals surface area contributed by atoms with Crippen LogP contribution in [0.2, 0.25) is 5.54 Å². The molecule has 2 atom stereocenters. The Bertz CT molecular complexity index is 178. The maximum Gasteiger partial charge on any atom is 0.324 e. The molecule has 82 valence electrons. The van der Waals surface area contributed by atoms with E-state index in [1.807, 2.05) is 0 Å². The molecular weight excluding hydrogens is 192 g/mol. The quantitative estimate of drug-likeness (QED) is 0.517. The molecule has 1 rings (SSSR count). The summed E-state index contributed by atoms with van der Waals surface area (Å²) in [6.07, 6.45) is 9.56. The Morgan fingerprint density at radius 3 is 2.50 bits per heavy atom. The van der Waals surface area contributed by atoms with Gasteiger partial charge in [-0.2, -0.15) is 0 Å². The Morgan fingerprint density at radius 2 is 2.07 bits per heavy atom. The van der Waals surface area contributed by atoms with Crippen molar-refractivity contribution in [3.05, 3.63) is 12.2 Å². The normalized spacial score (nSPS) is 24.1. The van der Waals surface area contributed by atoms with Gasteiger partial charge < -0.3 is 8.85 Å². The zero-order valence-corrected chi connectivity index (χ0v) is 10.7. The monoisotopic (exact) mass is 214 g/mol. The molecule has 0 amide bonds. The van der Waals surface area contributed by atoms with E-state index in [1.165, 1.54) is 25.7 Å². The molecular formula is C11H22O2Si. The van der Waals surface area contributed by atoms with Crippen molar-refractivity contribution in [1.82, 2.24) is 0 Å². The lowest BCUT2D eigenvalue weighted by Crippen LogP contribution is -2.31. The highest BCUT2D eigenvalue weighted by Crippen LogP contribution is 2.35. The Morgan fingerprint density at radius 1 is 1.36 bits per heavy atom. The molecule has 0 bridgehead atoms. The van der Waals surface area contributed by atoms with Crippen molar-refractivity contribution >= 4 is 9.28 Å². The first-order chi connectivity index (χ1) is 6.83. The second kappa shape index (κ2) is 6.38. The van der Waals surface area contributed by atoms with Crippen molar-refractivity contribution in [3.8, 4) is 0 Å². The minimum atomic E-state index is -1.41. The highest BCUT2D eigenvalue weighted by atomic mass is 28.3. The summed E-state index contributed by atoms with van der Waals surface area (Å²) >= 11 is 0. The van der Waals surface area contributed by atoms with Gasteiger partial charge in [-0.25, -0.2) is 0 Å². The number of rotatable bonds is 5. The Kier molecular flexibility index (Phi) is 5.44. The summed E-state index contributed by atoms with van der Waals surface area (Å²) < 4.78 is 11.0. The molecule has 0 saturated carbocycles. The number of hydrogen-bond acceptors (Lipinski definition) is 2. The van der Waals surface area contributed by atoms with Gasteiger partial charge in [0.25, 0.3) is 0 Å². The van der Waals surface area contributed by atoms with Crippen molar-refractivity contribution in [2.24, 2.45) is 5.92 Å². The van der Waals surface area contributed by atoms with Crippen molar-refractivity contribution in [1.29, 1.82) is 0 Å². The molecule has 0 aromatic heterocycles. The van der Waals surface area contributed by atoms with E-state index in [0.29, 0.717) is 5.54 Å². The molecule has 2 unspecified atom stereocenters. The molecule has 0 aromatic carbocycles. The Labute approximate surface area is 89.1 Å². The van der Waals surface area contributed by atoms with E-state index < -0.39 is 9.28 Å². The average molecular weight is 214 g/mol. The van der Waals surface area contributed by atoms with E-state index in [4.69, 9.17) is 8.85 Å². The van der Waals surface area contributed by atoms with Crippen molar-refractivity contribution in [3.63, 3.8) is 0 Å². The van der Waals surface area contributed by atoms with Crippen LogP contribution in [0.15, 0.2) is 12.2 Å². The summed E-state index contributed by atoms with van der Waals surface area (Å²) in [4.78, 5) is 0. The molecule has 0 N–H and O–H groups in total. The largest absolute Gasteiger partial charge is 0.400 e. The van der Waals surface area contributed by atoms with Gasteiger partial charge in [0.2, 0.25) is 0 Å². The molecule has 0 heterocycles. The lowest BCUT2D eigenvalue weighted by Gasteiger charge is -2.30. The highest BCUT2D eigenvalue weighted by Gasteiger charge is 2.30. The van der Waals surface area contributed by atoms with E-state index in [1.54, 1.807) is 14.2 Å². The fraction of sp³-hybridized carbons (Fsp3) is 0.818. The summed E-state index contributed by atoms with van der Waals surface area (Å²) in [7, 11) is 2.17. The second-order valence-corrected chi connectivity index (χ2v) is 6.49. The standard InChI is InChI=1S/C11H22O2Si/c1-4-11(14(12-2)13-3)10-8-6-5-7-9-10/h5-6,10-11,14H,4,7-9H2,1-3H3. The predicted octanol–water partition coefficient (Wildman–Crippen LogP) is 2.64. The van der Waals surface area contributed by atoms with Crippen LogP contribution in [-0.2, 0) is 8.85 Å². The third-order valence-corrected chi connectivity index (χ3v) is 5.84. The average Bonchev–Trinajstić information content (AvgIpc) is 2.27. The molecule has 0 aliphatic heterocycles. The van der Waals surface area contributed by atoms with Gasteiger partial charge in [-0.1, -0.05) is 25.5 Å². The molecule has 3 heteroatoms. The summed E-state index contributed by atoms with van der Waals surface area (Å²) in [6, 6.07) is 0. The molecule has 1 aliphatic carbocycles. The van der Waals surface area contributed by atoms with E-state index >= 15 is 0 Å². The minimum absolute atomic E-state index is 0.676. The van der Waals surface area contributed by atoms with Gasteiger partial charge >= 0.3 is 9.28 Å². The molecule has 0 spiro atoms. The van der Waals surface area contributed by atoms with Gasteiger partial charge in [0.05, 0.1) is 0 Å². The van der Waals surface area contributed by atoms with Gasteiger partial charge in [0, 0.05) is 19.8 Å². The maximum absolute atomic E-state index is 5.50. The summed E-state index contributed by atoms with van der Waals surface area (Å²) in [5.74, 6) is 0.793. The Hall–Kier alpha value is -0.123. The van der Waals surface area contributed by atoms with Crippen LogP contribution in [0.1, 0.15) is 32.6 Å². The predicted molar refractivity (Wildman–Crippen MR) is 61.7 cm³/mol. The van der Waals surface area contributed by atoms with E-state index in [9.17, 15) is 0 Å². The van der Waals surface area contributed by atoms with Crippen LogP contribution in [0.3, 0.4) is 0 Å². The van der Waals surface area contributed by atoms with Crippen LogP contribution in [-0.4, -0.2) is 23.5 Å². The molecule has 0 fully saturated rings. The molecule has 2 nitrogen and oxygen atoms in total. The third kappa shape index (κ3) is 2.94. The van der Waals surface area contributed by atoms with E-state index in [2.05, 4.69) is 19.1 Å². The summed E-state index contributed by atoms with van der Waals surface area (Å²) in [5, 5.41) is 0. The molecule has 0 saturated heterocycles. The first-order valence-corrected chi connectivity index (χ1v) is 7.15. The molecule has 14 heavy (non-hydrogen) atoms. The zero-order chi connectivity index (χ0) is 10.4. The minimum Gasteiger partial charge on any atom is -0.400 e. The van der Waals surface area contributed by atoms with Crippen molar-refractivity contribution in [2.75, 3.05) is 14.2 Å². The van der Waals surface area contributed by atoms with E-state index in [0.717, 1.165) is 5.92 Å². The summed E-state index contributed by atoms with van der Waals surface area (Å²) in [5.41, 5.74) is 0.676. The third-order valence-electron chi connectivity index (χ3n) is 3.20. The maximum atomic E-state index is 5.50. The van der Waals surface area contributed by atoms with Crippen LogP contribution in [0.25, 0.3) is 0 Å². The van der Waals surface area contributed by atoms with Gasteiger partial charge in [-0.15, -0.1) is 0 Å². The van der Waals surface area contributed by atoms with Crippen LogP contribution >= 0.6 is 0 Å². The first-order valence-electron chi connectivity index (χ1n) is 5.54. The van der Waals surface area contributed by atoms with Gasteiger partial charge in [0.15, 0.2) is 0 Å². The molecule has 0 radical (unpaired) electrons. The summed E-state index contributed by atoms with van der Waals surface area (Å²) in [6.45, 7) is 2.25. The van der Waals surface area contributed by atoms with Gasteiger partial charge in [0.1, 0.15) is 0 Å². The first kappa shape index (κ1) is 11.9. The number of hydrogen-bond donors (Lipinski definition) is 0. The SMILES string of the molecule is CCC(C1CC=CCC1)[SiH](OC)OC. The number of allylic oxidation sites excluding steroid dienone is 2. The lowest BCUT2D eigenvalue weighted by molar-refractivity contribution is 0.242. The topological polar surface area (TPSA) is 18.5 Å². The zero-order valence-electron chi connectivity index (χ0n) is 9.53. The van der Waals surface area contributed by atoms with Gasteiger partial charge in [-0.3, -0.25) is 0 Å². The fourth-order valence-corrected chi connectivity index (χ4v) is 4.47. The van der Waals surface area contributed by atoms with Crippen LogP contribution < -0.4 is 0 Å². The molecule has 0 aromatic rings. The van der Waals surface area contributed by atoms with E-state index in [-0.39, 0.29) is 0 Å². The van der Waals surface area contributed by atoms with Crippen molar-refractivity contribution in [2.45, 2.75) is 38.1 Å². The molecule has 1 aliphatic rings. The highest BCUT2D eigenvalue weighted by molar-refractivity contribution is 6.46.